The first-order valence-electron chi connectivity index (χ1n) is 8.05. The quantitative estimate of drug-likeness (QED) is 0.905. The molecule has 0 radical (unpaired) electrons. The van der Waals surface area contributed by atoms with E-state index in [1.165, 1.54) is 4.90 Å². The maximum Gasteiger partial charge on any atom is 0.410 e. The average Bonchev–Trinajstić information content (AvgIpc) is 2.89. The molecule has 0 bridgehead atoms. The fourth-order valence-corrected chi connectivity index (χ4v) is 2.75. The van der Waals surface area contributed by atoms with Crippen LogP contribution in [0.15, 0.2) is 18.2 Å². The number of amides is 2. The van der Waals surface area contributed by atoms with Gasteiger partial charge in [0.25, 0.3) is 0 Å². The van der Waals surface area contributed by atoms with Crippen LogP contribution in [0.1, 0.15) is 44.7 Å². The molecule has 0 unspecified atom stereocenters. The molecular formula is C18H26N2O3. The summed E-state index contributed by atoms with van der Waals surface area (Å²) >= 11 is 0. The van der Waals surface area contributed by atoms with Crippen molar-refractivity contribution in [2.75, 3.05) is 11.9 Å². The Morgan fingerprint density at radius 2 is 1.96 bits per heavy atom. The Morgan fingerprint density at radius 1 is 1.26 bits per heavy atom. The molecule has 1 heterocycles. The van der Waals surface area contributed by atoms with Crippen LogP contribution in [-0.4, -0.2) is 35.1 Å². The molecule has 1 aromatic rings. The normalized spacial score (nSPS) is 18.0. The summed E-state index contributed by atoms with van der Waals surface area (Å²) in [5.74, 6) is -0.152. The Labute approximate surface area is 138 Å². The lowest BCUT2D eigenvalue weighted by Crippen LogP contribution is -2.45. The lowest BCUT2D eigenvalue weighted by molar-refractivity contribution is -0.120. The molecule has 5 nitrogen and oxygen atoms in total. The second-order valence-electron chi connectivity index (χ2n) is 7.14. The Kier molecular flexibility index (Phi) is 4.97. The molecule has 1 aliphatic heterocycles. The number of carbonyl (C=O) groups excluding carboxylic acids is 2. The monoisotopic (exact) mass is 318 g/mol. The van der Waals surface area contributed by atoms with Crippen LogP contribution in [0.5, 0.6) is 0 Å². The van der Waals surface area contributed by atoms with Crippen molar-refractivity contribution >= 4 is 17.7 Å². The number of likely N-dealkylation sites (tertiary alicyclic amines) is 1. The van der Waals surface area contributed by atoms with Gasteiger partial charge in [0.15, 0.2) is 0 Å². The maximum atomic E-state index is 12.6. The number of nitrogens with zero attached hydrogens (tertiary/aromatic N) is 1. The van der Waals surface area contributed by atoms with Crippen molar-refractivity contribution in [2.45, 2.75) is 59.1 Å². The van der Waals surface area contributed by atoms with Crippen molar-refractivity contribution in [3.05, 3.63) is 29.3 Å². The minimum absolute atomic E-state index is 0.152. The second kappa shape index (κ2) is 6.60. The number of benzene rings is 1. The van der Waals surface area contributed by atoms with Gasteiger partial charge in [0, 0.05) is 12.2 Å². The van der Waals surface area contributed by atoms with E-state index >= 15 is 0 Å². The first kappa shape index (κ1) is 17.3. The van der Waals surface area contributed by atoms with Gasteiger partial charge in [-0.05, 0) is 59.1 Å². The number of hydrogen-bond donors (Lipinski definition) is 1. The summed E-state index contributed by atoms with van der Waals surface area (Å²) in [5.41, 5.74) is 2.39. The molecule has 1 aliphatic rings. The first-order valence-corrected chi connectivity index (χ1v) is 8.05. The zero-order valence-corrected chi connectivity index (χ0v) is 14.6. The molecule has 0 aliphatic carbocycles. The van der Waals surface area contributed by atoms with Gasteiger partial charge in [0.05, 0.1) is 0 Å². The van der Waals surface area contributed by atoms with Gasteiger partial charge in [0.2, 0.25) is 5.91 Å². The van der Waals surface area contributed by atoms with Crippen molar-refractivity contribution in [3.63, 3.8) is 0 Å². The topological polar surface area (TPSA) is 58.6 Å². The molecule has 0 saturated carbocycles. The Morgan fingerprint density at radius 3 is 2.57 bits per heavy atom. The van der Waals surface area contributed by atoms with Crippen molar-refractivity contribution in [2.24, 2.45) is 0 Å². The van der Waals surface area contributed by atoms with Gasteiger partial charge in [-0.15, -0.1) is 0 Å². The van der Waals surface area contributed by atoms with Crippen LogP contribution in [0, 0.1) is 13.8 Å². The van der Waals surface area contributed by atoms with Gasteiger partial charge in [-0.25, -0.2) is 4.79 Å². The van der Waals surface area contributed by atoms with Gasteiger partial charge >= 0.3 is 6.09 Å². The lowest BCUT2D eigenvalue weighted by atomic mass is 10.1. The highest BCUT2D eigenvalue weighted by molar-refractivity contribution is 5.97. The van der Waals surface area contributed by atoms with Crippen LogP contribution in [-0.2, 0) is 9.53 Å². The van der Waals surface area contributed by atoms with Gasteiger partial charge in [-0.3, -0.25) is 9.69 Å². The number of aryl methyl sites for hydroxylation is 2. The van der Waals surface area contributed by atoms with Gasteiger partial charge in [0.1, 0.15) is 11.6 Å². The molecular weight excluding hydrogens is 292 g/mol. The first-order chi connectivity index (χ1) is 10.7. The summed E-state index contributed by atoms with van der Waals surface area (Å²) in [7, 11) is 0. The number of anilines is 1. The van der Waals surface area contributed by atoms with Crippen molar-refractivity contribution in [1.29, 1.82) is 0 Å². The number of nitrogens with one attached hydrogen (secondary N) is 1. The Hall–Kier alpha value is -2.04. The molecule has 0 aromatic heterocycles. The fraction of sp³-hybridized carbons (Fsp3) is 0.556. The number of ether oxygens (including phenoxy) is 1. The molecule has 5 heteroatoms. The largest absolute Gasteiger partial charge is 0.444 e. The van der Waals surface area contributed by atoms with Gasteiger partial charge < -0.3 is 10.1 Å². The zero-order chi connectivity index (χ0) is 17.2. The summed E-state index contributed by atoms with van der Waals surface area (Å²) in [6, 6.07) is 5.42. The van der Waals surface area contributed by atoms with Crippen LogP contribution in [0.3, 0.4) is 0 Å². The third-order valence-corrected chi connectivity index (χ3v) is 3.82. The van der Waals surface area contributed by atoms with Gasteiger partial charge in [-0.1, -0.05) is 17.7 Å². The summed E-state index contributed by atoms with van der Waals surface area (Å²) < 4.78 is 5.40. The fourth-order valence-electron chi connectivity index (χ4n) is 2.75. The van der Waals surface area contributed by atoms with E-state index in [1.807, 2.05) is 52.8 Å². The van der Waals surface area contributed by atoms with Crippen molar-refractivity contribution in [3.8, 4) is 0 Å². The van der Waals surface area contributed by atoms with Crippen LogP contribution < -0.4 is 5.32 Å². The highest BCUT2D eigenvalue weighted by atomic mass is 16.6. The van der Waals surface area contributed by atoms with E-state index in [2.05, 4.69) is 5.32 Å². The smallest absolute Gasteiger partial charge is 0.410 e. The SMILES string of the molecule is Cc1ccc(NC(=O)[C@H]2CCCN2C(=O)OC(C)(C)C)c(C)c1. The van der Waals surface area contributed by atoms with Gasteiger partial charge in [-0.2, -0.15) is 0 Å². The predicted octanol–water partition coefficient (Wildman–Crippen LogP) is 3.64. The Balaban J connectivity index is 2.07. The zero-order valence-electron chi connectivity index (χ0n) is 14.6. The predicted molar refractivity (Wildman–Crippen MR) is 90.5 cm³/mol. The van der Waals surface area contributed by atoms with Crippen LogP contribution in [0.2, 0.25) is 0 Å². The molecule has 1 fully saturated rings. The van der Waals surface area contributed by atoms with Crippen LogP contribution in [0.4, 0.5) is 10.5 Å². The van der Waals surface area contributed by atoms with Crippen molar-refractivity contribution in [1.82, 2.24) is 4.90 Å². The molecule has 2 rings (SSSR count). The molecule has 1 aromatic carbocycles. The Bertz CT molecular complexity index is 605. The van der Waals surface area contributed by atoms with E-state index in [1.54, 1.807) is 0 Å². The van der Waals surface area contributed by atoms with E-state index in [0.29, 0.717) is 13.0 Å². The summed E-state index contributed by atoms with van der Waals surface area (Å²) in [4.78, 5) is 26.4. The highest BCUT2D eigenvalue weighted by Gasteiger charge is 2.36. The molecule has 1 atom stereocenters. The molecule has 1 N–H and O–H groups in total. The summed E-state index contributed by atoms with van der Waals surface area (Å²) in [6.07, 6.45) is 1.05. The molecule has 0 spiro atoms. The van der Waals surface area contributed by atoms with E-state index in [-0.39, 0.29) is 5.91 Å². The standard InChI is InChI=1S/C18H26N2O3/c1-12-8-9-14(13(2)11-12)19-16(21)15-7-6-10-20(15)17(22)23-18(3,4)5/h8-9,11,15H,6-7,10H2,1-5H3,(H,19,21)/t15-/m1/s1. The molecule has 126 valence electrons. The van der Waals surface area contributed by atoms with Crippen LogP contribution >= 0.6 is 0 Å². The summed E-state index contributed by atoms with van der Waals surface area (Å²) in [5, 5.41) is 2.94. The number of carbonyl (C=O) groups is 2. The number of hydrogen-bond acceptors (Lipinski definition) is 3. The third kappa shape index (κ3) is 4.47. The van der Waals surface area contributed by atoms with Crippen molar-refractivity contribution < 1.29 is 14.3 Å². The maximum absolute atomic E-state index is 12.6. The number of rotatable bonds is 2. The third-order valence-electron chi connectivity index (χ3n) is 3.82. The molecule has 2 amide bonds. The van der Waals surface area contributed by atoms with Crippen LogP contribution in [0.25, 0.3) is 0 Å². The van der Waals surface area contributed by atoms with E-state index in [9.17, 15) is 9.59 Å². The van der Waals surface area contributed by atoms with E-state index in [0.717, 1.165) is 23.2 Å². The van der Waals surface area contributed by atoms with E-state index < -0.39 is 17.7 Å². The van der Waals surface area contributed by atoms with E-state index in [4.69, 9.17) is 4.74 Å². The highest BCUT2D eigenvalue weighted by Crippen LogP contribution is 2.23. The second-order valence-corrected chi connectivity index (χ2v) is 7.14. The molecule has 1 saturated heterocycles. The summed E-state index contributed by atoms with van der Waals surface area (Å²) in [6.45, 7) is 10.0. The minimum Gasteiger partial charge on any atom is -0.444 e. The minimum atomic E-state index is -0.561. The molecule has 23 heavy (non-hydrogen) atoms. The average molecular weight is 318 g/mol. The lowest BCUT2D eigenvalue weighted by Gasteiger charge is -2.28.